The fourth-order valence-corrected chi connectivity index (χ4v) is 1.11. The quantitative estimate of drug-likeness (QED) is 0.410. The summed E-state index contributed by atoms with van der Waals surface area (Å²) >= 11 is 0. The molecule has 0 saturated heterocycles. The van der Waals surface area contributed by atoms with E-state index in [9.17, 15) is 15.6 Å². The maximum absolute atomic E-state index is 9.19. The largest absolute Gasteiger partial charge is 0.311 e. The van der Waals surface area contributed by atoms with Crippen molar-refractivity contribution in [1.29, 1.82) is 0 Å². The minimum atomic E-state index is -1.40. The van der Waals surface area contributed by atoms with Crippen LogP contribution in [0.1, 0.15) is 6.42 Å². The summed E-state index contributed by atoms with van der Waals surface area (Å²) in [6, 6.07) is 0. The predicted molar refractivity (Wildman–Crippen MR) is 41.4 cm³/mol. The summed E-state index contributed by atoms with van der Waals surface area (Å²) in [5.41, 5.74) is 0. The molecule has 73 valence electrons. The van der Waals surface area contributed by atoms with Gasteiger partial charge in [0.2, 0.25) is 0 Å². The van der Waals surface area contributed by atoms with Crippen LogP contribution in [0.5, 0.6) is 0 Å². The van der Waals surface area contributed by atoms with Crippen LogP contribution in [0.2, 0.25) is 0 Å². The summed E-state index contributed by atoms with van der Waals surface area (Å²) in [4.78, 5) is 0. The van der Waals surface area contributed by atoms with Crippen LogP contribution < -0.4 is 0 Å². The molecular formula is C6H16N3O3. The van der Waals surface area contributed by atoms with Crippen molar-refractivity contribution < 1.29 is 15.6 Å². The first-order chi connectivity index (χ1) is 5.39. The standard InChI is InChI=1S/C6H16N3O3/c1-5-6(7(2)10,8(3)11)9(4)12/h10-12H,1,5H2,2-4H3. The molecule has 0 atom stereocenters. The zero-order valence-corrected chi connectivity index (χ0v) is 7.60. The number of nitrogens with zero attached hydrogens (tertiary/aromatic N) is 3. The number of hydroxylamine groups is 6. The summed E-state index contributed by atoms with van der Waals surface area (Å²) in [6.45, 7) is 3.52. The first-order valence-corrected chi connectivity index (χ1v) is 3.47. The van der Waals surface area contributed by atoms with Crippen LogP contribution in [0.25, 0.3) is 0 Å². The van der Waals surface area contributed by atoms with Crippen molar-refractivity contribution >= 4 is 0 Å². The van der Waals surface area contributed by atoms with Gasteiger partial charge in [-0.1, -0.05) is 0 Å². The van der Waals surface area contributed by atoms with Crippen LogP contribution in [0.4, 0.5) is 0 Å². The van der Waals surface area contributed by atoms with Gasteiger partial charge < -0.3 is 15.6 Å². The van der Waals surface area contributed by atoms with Crippen molar-refractivity contribution in [2.45, 2.75) is 12.2 Å². The fraction of sp³-hybridized carbons (Fsp3) is 0.833. The number of hydrogen-bond donors (Lipinski definition) is 3. The van der Waals surface area contributed by atoms with Crippen molar-refractivity contribution in [2.75, 3.05) is 21.1 Å². The first-order valence-electron chi connectivity index (χ1n) is 3.47. The molecule has 0 heterocycles. The summed E-state index contributed by atoms with van der Waals surface area (Å²) < 4.78 is 0. The molecule has 0 aliphatic rings. The van der Waals surface area contributed by atoms with Gasteiger partial charge in [-0.15, -0.1) is 0 Å². The zero-order chi connectivity index (χ0) is 9.94. The van der Waals surface area contributed by atoms with E-state index in [2.05, 4.69) is 6.92 Å². The maximum atomic E-state index is 9.19. The topological polar surface area (TPSA) is 70.4 Å². The maximum Gasteiger partial charge on any atom is 0.195 e. The molecule has 0 aliphatic heterocycles. The molecule has 0 aromatic rings. The molecule has 0 aliphatic carbocycles. The van der Waals surface area contributed by atoms with Crippen LogP contribution in [0.3, 0.4) is 0 Å². The van der Waals surface area contributed by atoms with Gasteiger partial charge in [0, 0.05) is 21.1 Å². The third kappa shape index (κ3) is 1.74. The summed E-state index contributed by atoms with van der Waals surface area (Å²) in [6.07, 6.45) is 0.0833. The van der Waals surface area contributed by atoms with Crippen LogP contribution in [-0.4, -0.2) is 57.7 Å². The Morgan fingerprint density at radius 2 is 1.25 bits per heavy atom. The second kappa shape index (κ2) is 4.13. The van der Waals surface area contributed by atoms with Gasteiger partial charge in [0.15, 0.2) is 5.79 Å². The number of rotatable bonds is 4. The molecule has 0 saturated carbocycles. The second-order valence-corrected chi connectivity index (χ2v) is 2.60. The van der Waals surface area contributed by atoms with E-state index in [0.29, 0.717) is 15.2 Å². The molecule has 12 heavy (non-hydrogen) atoms. The molecule has 3 N–H and O–H groups in total. The fourth-order valence-electron chi connectivity index (χ4n) is 1.11. The molecule has 0 unspecified atom stereocenters. The van der Waals surface area contributed by atoms with Crippen LogP contribution in [-0.2, 0) is 0 Å². The van der Waals surface area contributed by atoms with Crippen molar-refractivity contribution in [3.05, 3.63) is 6.92 Å². The SMILES string of the molecule is [CH2]CC(N(C)O)(N(C)O)N(C)O. The molecule has 0 bridgehead atoms. The summed E-state index contributed by atoms with van der Waals surface area (Å²) in [7, 11) is 3.93. The summed E-state index contributed by atoms with van der Waals surface area (Å²) in [5.74, 6) is -1.40. The Hall–Kier alpha value is -0.240. The molecule has 0 amide bonds. The smallest absolute Gasteiger partial charge is 0.195 e. The van der Waals surface area contributed by atoms with Gasteiger partial charge in [-0.3, -0.25) is 0 Å². The Balaban J connectivity index is 4.77. The van der Waals surface area contributed by atoms with E-state index in [-0.39, 0.29) is 6.42 Å². The average Bonchev–Trinajstić information content (AvgIpc) is 1.86. The summed E-state index contributed by atoms with van der Waals surface area (Å²) in [5, 5.41) is 29.6. The van der Waals surface area contributed by atoms with Gasteiger partial charge in [0.25, 0.3) is 0 Å². The third-order valence-corrected chi connectivity index (χ3v) is 1.89. The van der Waals surface area contributed by atoms with E-state index < -0.39 is 5.79 Å². The minimum Gasteiger partial charge on any atom is -0.311 e. The lowest BCUT2D eigenvalue weighted by Gasteiger charge is -2.44. The van der Waals surface area contributed by atoms with E-state index in [0.717, 1.165) is 0 Å². The molecule has 6 heteroatoms. The average molecular weight is 178 g/mol. The highest BCUT2D eigenvalue weighted by Gasteiger charge is 2.40. The highest BCUT2D eigenvalue weighted by Crippen LogP contribution is 2.20. The Morgan fingerprint density at radius 3 is 1.25 bits per heavy atom. The third-order valence-electron chi connectivity index (χ3n) is 1.89. The van der Waals surface area contributed by atoms with Gasteiger partial charge in [0.05, 0.1) is 0 Å². The molecule has 1 radical (unpaired) electrons. The Bertz CT molecular complexity index is 116. The molecule has 6 nitrogen and oxygen atoms in total. The lowest BCUT2D eigenvalue weighted by Crippen LogP contribution is -2.64. The van der Waals surface area contributed by atoms with Gasteiger partial charge in [-0.2, -0.15) is 15.2 Å². The van der Waals surface area contributed by atoms with Gasteiger partial charge >= 0.3 is 0 Å². The Labute approximate surface area is 72.1 Å². The minimum absolute atomic E-state index is 0.0833. The molecule has 0 spiro atoms. The molecule has 0 aromatic heterocycles. The highest BCUT2D eigenvalue weighted by atomic mass is 16.6. The van der Waals surface area contributed by atoms with Crippen molar-refractivity contribution in [2.24, 2.45) is 0 Å². The van der Waals surface area contributed by atoms with Gasteiger partial charge in [-0.25, -0.2) is 0 Å². The van der Waals surface area contributed by atoms with E-state index >= 15 is 0 Å². The predicted octanol–water partition coefficient (Wildman–Crippen LogP) is -0.173. The highest BCUT2D eigenvalue weighted by molar-refractivity contribution is 4.76. The van der Waals surface area contributed by atoms with Crippen molar-refractivity contribution in [3.63, 3.8) is 0 Å². The normalized spacial score (nSPS) is 13.5. The zero-order valence-electron chi connectivity index (χ0n) is 7.60. The van der Waals surface area contributed by atoms with Crippen molar-refractivity contribution in [3.8, 4) is 0 Å². The van der Waals surface area contributed by atoms with Crippen LogP contribution >= 0.6 is 0 Å². The second-order valence-electron chi connectivity index (χ2n) is 2.60. The van der Waals surface area contributed by atoms with Gasteiger partial charge in [0.1, 0.15) is 0 Å². The number of hydrogen-bond acceptors (Lipinski definition) is 6. The molecule has 0 fully saturated rings. The van der Waals surface area contributed by atoms with Crippen LogP contribution in [0.15, 0.2) is 0 Å². The van der Waals surface area contributed by atoms with E-state index in [1.54, 1.807) is 0 Å². The van der Waals surface area contributed by atoms with Gasteiger partial charge in [-0.05, 0) is 13.3 Å². The lowest BCUT2D eigenvalue weighted by atomic mass is 10.2. The van der Waals surface area contributed by atoms with Crippen molar-refractivity contribution in [1.82, 2.24) is 15.2 Å². The molecular weight excluding hydrogens is 162 g/mol. The Kier molecular flexibility index (Phi) is 4.04. The lowest BCUT2D eigenvalue weighted by molar-refractivity contribution is -0.392. The monoisotopic (exact) mass is 178 g/mol. The van der Waals surface area contributed by atoms with E-state index in [1.165, 1.54) is 21.1 Å². The van der Waals surface area contributed by atoms with E-state index in [4.69, 9.17) is 0 Å². The molecule has 0 aromatic carbocycles. The first kappa shape index (κ1) is 11.8. The van der Waals surface area contributed by atoms with Crippen LogP contribution in [0, 0.1) is 6.92 Å². The van der Waals surface area contributed by atoms with E-state index in [1.807, 2.05) is 0 Å². The molecule has 0 rings (SSSR count). The Morgan fingerprint density at radius 1 is 1.00 bits per heavy atom.